The molecule has 0 aliphatic carbocycles. The summed E-state index contributed by atoms with van der Waals surface area (Å²) >= 11 is 2.77. The Hall–Kier alpha value is -2.11. The molecule has 0 saturated heterocycles. The second-order valence-electron chi connectivity index (χ2n) is 5.31. The molecule has 1 amide bonds. The molecule has 0 spiro atoms. The van der Waals surface area contributed by atoms with Gasteiger partial charge in [-0.1, -0.05) is 29.2 Å². The zero-order valence-corrected chi connectivity index (χ0v) is 15.5. The van der Waals surface area contributed by atoms with Crippen LogP contribution in [-0.4, -0.2) is 40.3 Å². The average molecular weight is 361 g/mol. The van der Waals surface area contributed by atoms with Crippen LogP contribution in [0.1, 0.15) is 17.5 Å². The van der Waals surface area contributed by atoms with E-state index >= 15 is 0 Å². The van der Waals surface area contributed by atoms with Crippen molar-refractivity contribution in [3.63, 3.8) is 0 Å². The van der Waals surface area contributed by atoms with Gasteiger partial charge in [-0.25, -0.2) is 0 Å². The first-order valence-electron chi connectivity index (χ1n) is 7.41. The molecule has 1 aromatic heterocycles. The minimum Gasteiger partial charge on any atom is -0.344 e. The van der Waals surface area contributed by atoms with Crippen LogP contribution in [0.4, 0.5) is 10.8 Å². The van der Waals surface area contributed by atoms with Gasteiger partial charge in [0.15, 0.2) is 4.34 Å². The molecule has 8 heteroatoms. The van der Waals surface area contributed by atoms with Crippen molar-refractivity contribution in [2.75, 3.05) is 24.7 Å². The number of hydrogen-bond acceptors (Lipinski definition) is 7. The van der Waals surface area contributed by atoms with Crippen molar-refractivity contribution >= 4 is 39.8 Å². The highest BCUT2D eigenvalue weighted by Gasteiger charge is 2.12. The molecule has 6 nitrogen and oxygen atoms in total. The largest absolute Gasteiger partial charge is 0.344 e. The number of aryl methyl sites for hydroxylation is 2. The lowest BCUT2D eigenvalue weighted by Gasteiger charge is -2.14. The van der Waals surface area contributed by atoms with E-state index in [0.717, 1.165) is 10.0 Å². The summed E-state index contributed by atoms with van der Waals surface area (Å²) in [6, 6.07) is 8.16. The molecule has 0 aliphatic heterocycles. The summed E-state index contributed by atoms with van der Waals surface area (Å²) in [4.78, 5) is 13.5. The number of nitriles is 1. The number of amides is 1. The van der Waals surface area contributed by atoms with Gasteiger partial charge >= 0.3 is 0 Å². The molecule has 2 aromatic rings. The van der Waals surface area contributed by atoms with Gasteiger partial charge in [-0.05, 0) is 37.1 Å². The fourth-order valence-electron chi connectivity index (χ4n) is 1.84. The van der Waals surface area contributed by atoms with Gasteiger partial charge in [-0.15, -0.1) is 10.2 Å². The van der Waals surface area contributed by atoms with E-state index in [4.69, 9.17) is 5.26 Å². The van der Waals surface area contributed by atoms with Crippen LogP contribution >= 0.6 is 23.1 Å². The Morgan fingerprint density at radius 3 is 2.88 bits per heavy atom. The highest BCUT2D eigenvalue weighted by atomic mass is 32.2. The van der Waals surface area contributed by atoms with Crippen molar-refractivity contribution in [1.29, 1.82) is 5.26 Å². The summed E-state index contributed by atoms with van der Waals surface area (Å²) in [7, 11) is 1.70. The molecule has 1 aromatic carbocycles. The van der Waals surface area contributed by atoms with Crippen LogP contribution in [0.25, 0.3) is 0 Å². The summed E-state index contributed by atoms with van der Waals surface area (Å²) in [6.07, 6.45) is 0.343. The van der Waals surface area contributed by atoms with Gasteiger partial charge in [0.2, 0.25) is 11.0 Å². The van der Waals surface area contributed by atoms with E-state index < -0.39 is 0 Å². The SMILES string of the molecule is Cc1ccc(Nc2nnc(SCC(=O)N(C)CCC#N)s2)cc1C. The van der Waals surface area contributed by atoms with Gasteiger partial charge in [-0.2, -0.15) is 5.26 Å². The summed E-state index contributed by atoms with van der Waals surface area (Å²) in [5.74, 6) is 0.273. The Kier molecular flexibility index (Phi) is 6.58. The summed E-state index contributed by atoms with van der Waals surface area (Å²) < 4.78 is 0.739. The number of carbonyl (C=O) groups excluding carboxylic acids is 1. The zero-order chi connectivity index (χ0) is 17.5. The molecule has 1 N–H and O–H groups in total. The van der Waals surface area contributed by atoms with Crippen LogP contribution in [0.5, 0.6) is 0 Å². The van der Waals surface area contributed by atoms with E-state index in [1.807, 2.05) is 12.1 Å². The van der Waals surface area contributed by atoms with E-state index in [9.17, 15) is 4.79 Å². The summed E-state index contributed by atoms with van der Waals surface area (Å²) in [5, 5.41) is 20.7. The van der Waals surface area contributed by atoms with Crippen molar-refractivity contribution in [2.24, 2.45) is 0 Å². The predicted octanol–water partition coefficient (Wildman–Crippen LogP) is 3.36. The van der Waals surface area contributed by atoms with E-state index in [0.29, 0.717) is 23.8 Å². The standard InChI is InChI=1S/C16H19N5OS2/c1-11-5-6-13(9-12(11)2)18-15-19-20-16(24-15)23-10-14(22)21(3)8-4-7-17/h5-6,9H,4,8,10H2,1-3H3,(H,18,19). The van der Waals surface area contributed by atoms with Crippen molar-refractivity contribution in [3.05, 3.63) is 29.3 Å². The topological polar surface area (TPSA) is 81.9 Å². The molecule has 126 valence electrons. The maximum atomic E-state index is 11.9. The number of benzene rings is 1. The smallest absolute Gasteiger partial charge is 0.232 e. The quantitative estimate of drug-likeness (QED) is 0.762. The summed E-state index contributed by atoms with van der Waals surface area (Å²) in [5.41, 5.74) is 3.43. The van der Waals surface area contributed by atoms with Crippen LogP contribution in [-0.2, 0) is 4.79 Å². The minimum atomic E-state index is -0.0193. The molecular weight excluding hydrogens is 342 g/mol. The summed E-state index contributed by atoms with van der Waals surface area (Å²) in [6.45, 7) is 4.59. The number of carbonyl (C=O) groups is 1. The first kappa shape index (κ1) is 18.2. The van der Waals surface area contributed by atoms with Crippen LogP contribution < -0.4 is 5.32 Å². The van der Waals surface area contributed by atoms with Crippen molar-refractivity contribution in [1.82, 2.24) is 15.1 Å². The van der Waals surface area contributed by atoms with Crippen molar-refractivity contribution in [3.8, 4) is 6.07 Å². The van der Waals surface area contributed by atoms with Crippen LogP contribution in [0.15, 0.2) is 22.5 Å². The fraction of sp³-hybridized carbons (Fsp3) is 0.375. The number of thioether (sulfide) groups is 1. The van der Waals surface area contributed by atoms with Gasteiger partial charge in [0.1, 0.15) is 0 Å². The third kappa shape index (κ3) is 5.22. The maximum absolute atomic E-state index is 11.9. The van der Waals surface area contributed by atoms with Crippen LogP contribution in [0, 0.1) is 25.2 Å². The molecule has 0 unspecified atom stereocenters. The third-order valence-corrected chi connectivity index (χ3v) is 5.43. The normalized spacial score (nSPS) is 10.2. The third-order valence-electron chi connectivity index (χ3n) is 3.47. The first-order chi connectivity index (χ1) is 11.5. The zero-order valence-electron chi connectivity index (χ0n) is 13.9. The monoisotopic (exact) mass is 361 g/mol. The molecule has 0 atom stereocenters. The fourth-order valence-corrected chi connectivity index (χ4v) is 3.55. The second kappa shape index (κ2) is 8.66. The molecule has 0 aliphatic rings. The lowest BCUT2D eigenvalue weighted by molar-refractivity contribution is -0.127. The maximum Gasteiger partial charge on any atom is 0.232 e. The van der Waals surface area contributed by atoms with E-state index in [-0.39, 0.29) is 5.91 Å². The van der Waals surface area contributed by atoms with Gasteiger partial charge in [-0.3, -0.25) is 4.79 Å². The van der Waals surface area contributed by atoms with Gasteiger partial charge in [0.25, 0.3) is 0 Å². The second-order valence-corrected chi connectivity index (χ2v) is 7.51. The number of rotatable bonds is 7. The van der Waals surface area contributed by atoms with Crippen LogP contribution in [0.3, 0.4) is 0 Å². The van der Waals surface area contributed by atoms with E-state index in [2.05, 4.69) is 41.5 Å². The molecule has 0 fully saturated rings. The Morgan fingerprint density at radius 1 is 1.38 bits per heavy atom. The molecule has 0 bridgehead atoms. The molecule has 1 heterocycles. The van der Waals surface area contributed by atoms with E-state index in [1.165, 1.54) is 34.2 Å². The molecule has 2 rings (SSSR count). The Bertz CT molecular complexity index is 753. The van der Waals surface area contributed by atoms with Crippen molar-refractivity contribution < 1.29 is 4.79 Å². The average Bonchev–Trinajstić information content (AvgIpc) is 3.01. The number of nitrogens with zero attached hydrogens (tertiary/aromatic N) is 4. The first-order valence-corrected chi connectivity index (χ1v) is 9.21. The highest BCUT2D eigenvalue weighted by Crippen LogP contribution is 2.28. The van der Waals surface area contributed by atoms with Crippen molar-refractivity contribution in [2.45, 2.75) is 24.6 Å². The Balaban J connectivity index is 1.88. The van der Waals surface area contributed by atoms with E-state index in [1.54, 1.807) is 11.9 Å². The number of aromatic nitrogens is 2. The number of anilines is 2. The lowest BCUT2D eigenvalue weighted by atomic mass is 10.1. The Labute approximate surface area is 149 Å². The molecular formula is C16H19N5OS2. The molecule has 0 radical (unpaired) electrons. The minimum absolute atomic E-state index is 0.0193. The predicted molar refractivity (Wildman–Crippen MR) is 97.7 cm³/mol. The van der Waals surface area contributed by atoms with Crippen LogP contribution in [0.2, 0.25) is 0 Å². The molecule has 0 saturated carbocycles. The molecule has 24 heavy (non-hydrogen) atoms. The van der Waals surface area contributed by atoms with Gasteiger partial charge in [0.05, 0.1) is 18.2 Å². The Morgan fingerprint density at radius 2 is 2.17 bits per heavy atom. The van der Waals surface area contributed by atoms with Gasteiger partial charge < -0.3 is 10.2 Å². The lowest BCUT2D eigenvalue weighted by Crippen LogP contribution is -2.29. The number of nitrogens with one attached hydrogen (secondary N) is 1. The highest BCUT2D eigenvalue weighted by molar-refractivity contribution is 8.01. The van der Waals surface area contributed by atoms with Gasteiger partial charge in [0, 0.05) is 19.3 Å². The number of hydrogen-bond donors (Lipinski definition) is 1.